The molecule has 1 unspecified atom stereocenters. The van der Waals surface area contributed by atoms with Crippen molar-refractivity contribution in [1.29, 1.82) is 0 Å². The largest absolute Gasteiger partial charge is 0.497 e. The SMILES string of the molecule is COc1ccc(C2Cc3ccc(OC)cc3C(Cc3ccc(C)cc3)=C2C)cc1. The molecule has 0 heterocycles. The lowest BCUT2D eigenvalue weighted by atomic mass is 9.74. The first-order valence-corrected chi connectivity index (χ1v) is 10.2. The normalized spacial score (nSPS) is 15.8. The van der Waals surface area contributed by atoms with E-state index in [9.17, 15) is 0 Å². The maximum Gasteiger partial charge on any atom is 0.119 e. The van der Waals surface area contributed by atoms with Gasteiger partial charge in [0.05, 0.1) is 14.2 Å². The van der Waals surface area contributed by atoms with Gasteiger partial charge >= 0.3 is 0 Å². The fourth-order valence-electron chi connectivity index (χ4n) is 4.29. The summed E-state index contributed by atoms with van der Waals surface area (Å²) in [6, 6.07) is 23.9. The van der Waals surface area contributed by atoms with E-state index in [0.29, 0.717) is 5.92 Å². The summed E-state index contributed by atoms with van der Waals surface area (Å²) < 4.78 is 10.9. The number of fused-ring (bicyclic) bond motifs is 1. The highest BCUT2D eigenvalue weighted by Crippen LogP contribution is 2.42. The fraction of sp³-hybridized carbons (Fsp3) is 0.259. The number of allylic oxidation sites excluding steroid dienone is 2. The van der Waals surface area contributed by atoms with Gasteiger partial charge in [0.25, 0.3) is 0 Å². The van der Waals surface area contributed by atoms with Gasteiger partial charge in [0.2, 0.25) is 0 Å². The molecule has 0 radical (unpaired) electrons. The second-order valence-corrected chi connectivity index (χ2v) is 7.88. The molecular formula is C27H28O2. The quantitative estimate of drug-likeness (QED) is 0.509. The first-order valence-electron chi connectivity index (χ1n) is 10.2. The van der Waals surface area contributed by atoms with E-state index >= 15 is 0 Å². The Balaban J connectivity index is 1.79. The zero-order chi connectivity index (χ0) is 20.4. The van der Waals surface area contributed by atoms with Crippen molar-refractivity contribution in [3.63, 3.8) is 0 Å². The monoisotopic (exact) mass is 384 g/mol. The number of hydrogen-bond acceptors (Lipinski definition) is 2. The lowest BCUT2D eigenvalue weighted by molar-refractivity contribution is 0.414. The Hall–Kier alpha value is -3.00. The Kier molecular flexibility index (Phi) is 5.44. The maximum atomic E-state index is 5.53. The molecule has 2 heteroatoms. The average Bonchev–Trinajstić information content (AvgIpc) is 2.76. The van der Waals surface area contributed by atoms with Gasteiger partial charge in [-0.05, 0) is 78.8 Å². The van der Waals surface area contributed by atoms with Gasteiger partial charge in [-0.2, -0.15) is 0 Å². The van der Waals surface area contributed by atoms with Gasteiger partial charge in [-0.25, -0.2) is 0 Å². The topological polar surface area (TPSA) is 18.5 Å². The van der Waals surface area contributed by atoms with Gasteiger partial charge in [-0.15, -0.1) is 0 Å². The molecule has 4 rings (SSSR count). The third kappa shape index (κ3) is 3.93. The summed E-state index contributed by atoms with van der Waals surface area (Å²) in [6.45, 7) is 4.43. The highest BCUT2D eigenvalue weighted by molar-refractivity contribution is 5.77. The Labute approximate surface area is 173 Å². The molecule has 0 aromatic heterocycles. The van der Waals surface area contributed by atoms with Crippen LogP contribution < -0.4 is 9.47 Å². The molecule has 1 aliphatic rings. The Morgan fingerprint density at radius 2 is 1.45 bits per heavy atom. The molecule has 2 nitrogen and oxygen atoms in total. The predicted molar refractivity (Wildman–Crippen MR) is 120 cm³/mol. The molecule has 0 spiro atoms. The summed E-state index contributed by atoms with van der Waals surface area (Å²) in [7, 11) is 3.45. The first-order chi connectivity index (χ1) is 14.1. The van der Waals surface area contributed by atoms with Crippen LogP contribution in [-0.2, 0) is 12.8 Å². The minimum atomic E-state index is 0.377. The minimum Gasteiger partial charge on any atom is -0.497 e. The predicted octanol–water partition coefficient (Wildman–Crippen LogP) is 6.37. The van der Waals surface area contributed by atoms with Crippen molar-refractivity contribution in [2.24, 2.45) is 0 Å². The van der Waals surface area contributed by atoms with Gasteiger partial charge in [0.1, 0.15) is 11.5 Å². The van der Waals surface area contributed by atoms with E-state index < -0.39 is 0 Å². The van der Waals surface area contributed by atoms with E-state index in [4.69, 9.17) is 9.47 Å². The van der Waals surface area contributed by atoms with Crippen LogP contribution in [0.15, 0.2) is 72.3 Å². The van der Waals surface area contributed by atoms with Gasteiger partial charge in [-0.1, -0.05) is 53.6 Å². The molecule has 3 aromatic rings. The summed E-state index contributed by atoms with van der Waals surface area (Å²) in [5, 5.41) is 0. The first kappa shape index (κ1) is 19.3. The lowest BCUT2D eigenvalue weighted by Gasteiger charge is -2.30. The molecule has 0 saturated carbocycles. The van der Waals surface area contributed by atoms with E-state index in [-0.39, 0.29) is 0 Å². The van der Waals surface area contributed by atoms with Crippen LogP contribution in [-0.4, -0.2) is 14.2 Å². The maximum absolute atomic E-state index is 5.53. The summed E-state index contributed by atoms with van der Waals surface area (Å²) in [4.78, 5) is 0. The number of ether oxygens (including phenoxy) is 2. The second kappa shape index (κ2) is 8.16. The van der Waals surface area contributed by atoms with Crippen molar-refractivity contribution in [2.75, 3.05) is 14.2 Å². The number of benzene rings is 3. The molecule has 1 aliphatic carbocycles. The van der Waals surface area contributed by atoms with E-state index in [1.54, 1.807) is 14.2 Å². The van der Waals surface area contributed by atoms with Crippen LogP contribution in [0.1, 0.15) is 40.7 Å². The Bertz CT molecular complexity index is 1030. The molecule has 1 atom stereocenters. The van der Waals surface area contributed by atoms with Crippen molar-refractivity contribution in [2.45, 2.75) is 32.6 Å². The highest BCUT2D eigenvalue weighted by atomic mass is 16.5. The molecule has 148 valence electrons. The minimum absolute atomic E-state index is 0.377. The molecule has 0 saturated heterocycles. The zero-order valence-corrected chi connectivity index (χ0v) is 17.7. The lowest BCUT2D eigenvalue weighted by Crippen LogP contribution is -2.15. The molecule has 0 N–H and O–H groups in total. The van der Waals surface area contributed by atoms with Crippen molar-refractivity contribution in [1.82, 2.24) is 0 Å². The van der Waals surface area contributed by atoms with Crippen LogP contribution in [0.5, 0.6) is 11.5 Å². The molecular weight excluding hydrogens is 356 g/mol. The van der Waals surface area contributed by atoms with E-state index in [1.807, 2.05) is 0 Å². The van der Waals surface area contributed by atoms with Gasteiger partial charge in [0, 0.05) is 5.92 Å². The molecule has 0 fully saturated rings. The molecule has 3 aromatic carbocycles. The molecule has 0 amide bonds. The van der Waals surface area contributed by atoms with Gasteiger partial charge < -0.3 is 9.47 Å². The third-order valence-corrected chi connectivity index (χ3v) is 6.08. The number of hydrogen-bond donors (Lipinski definition) is 0. The zero-order valence-electron chi connectivity index (χ0n) is 17.7. The van der Waals surface area contributed by atoms with Crippen molar-refractivity contribution in [3.8, 4) is 11.5 Å². The van der Waals surface area contributed by atoms with Crippen molar-refractivity contribution >= 4 is 5.57 Å². The van der Waals surface area contributed by atoms with E-state index in [0.717, 1.165) is 24.3 Å². The van der Waals surface area contributed by atoms with Gasteiger partial charge in [0.15, 0.2) is 0 Å². The van der Waals surface area contributed by atoms with Crippen LogP contribution in [0.2, 0.25) is 0 Å². The third-order valence-electron chi connectivity index (χ3n) is 6.08. The number of methoxy groups -OCH3 is 2. The second-order valence-electron chi connectivity index (χ2n) is 7.88. The summed E-state index contributed by atoms with van der Waals surface area (Å²) in [5.74, 6) is 2.19. The van der Waals surface area contributed by atoms with Crippen LogP contribution in [0.3, 0.4) is 0 Å². The van der Waals surface area contributed by atoms with Crippen molar-refractivity contribution < 1.29 is 9.47 Å². The fourth-order valence-corrected chi connectivity index (χ4v) is 4.29. The van der Waals surface area contributed by atoms with E-state index in [1.165, 1.54) is 39.0 Å². The smallest absolute Gasteiger partial charge is 0.119 e. The van der Waals surface area contributed by atoms with Gasteiger partial charge in [-0.3, -0.25) is 0 Å². The summed E-state index contributed by atoms with van der Waals surface area (Å²) >= 11 is 0. The summed E-state index contributed by atoms with van der Waals surface area (Å²) in [6.07, 6.45) is 1.94. The Morgan fingerprint density at radius 3 is 2.10 bits per heavy atom. The number of rotatable bonds is 5. The van der Waals surface area contributed by atoms with E-state index in [2.05, 4.69) is 80.6 Å². The van der Waals surface area contributed by atoms with Crippen LogP contribution >= 0.6 is 0 Å². The van der Waals surface area contributed by atoms with Crippen LogP contribution in [0.4, 0.5) is 0 Å². The molecule has 0 bridgehead atoms. The Morgan fingerprint density at radius 1 is 0.793 bits per heavy atom. The molecule has 29 heavy (non-hydrogen) atoms. The average molecular weight is 385 g/mol. The van der Waals surface area contributed by atoms with Crippen LogP contribution in [0, 0.1) is 6.92 Å². The highest BCUT2D eigenvalue weighted by Gasteiger charge is 2.26. The molecule has 0 aliphatic heterocycles. The van der Waals surface area contributed by atoms with Crippen LogP contribution in [0.25, 0.3) is 5.57 Å². The number of aryl methyl sites for hydroxylation is 1. The van der Waals surface area contributed by atoms with Crippen molar-refractivity contribution in [3.05, 3.63) is 100 Å². The summed E-state index contributed by atoms with van der Waals surface area (Å²) in [5.41, 5.74) is 9.54. The standard InChI is InChI=1S/C27H28O2/c1-18-5-7-20(8-6-18)15-26-19(2)25(21-9-12-23(28-3)13-10-21)16-22-11-14-24(29-4)17-27(22)26/h5-14,17,25H,15-16H2,1-4H3.